The lowest BCUT2D eigenvalue weighted by Gasteiger charge is -2.32. The molecule has 0 bridgehead atoms. The molecule has 1 aliphatic heterocycles. The van der Waals surface area contributed by atoms with Crippen molar-refractivity contribution >= 4 is 11.8 Å². The molecule has 0 spiro atoms. The van der Waals surface area contributed by atoms with E-state index < -0.39 is 0 Å². The summed E-state index contributed by atoms with van der Waals surface area (Å²) in [5, 5.41) is 10.8. The van der Waals surface area contributed by atoms with E-state index in [4.69, 9.17) is 9.26 Å². The summed E-state index contributed by atoms with van der Waals surface area (Å²) in [7, 11) is 0. The highest BCUT2D eigenvalue weighted by molar-refractivity contribution is 5.91. The number of carbonyl (C=O) groups is 1. The Hall–Kier alpha value is -2.26. The van der Waals surface area contributed by atoms with Crippen LogP contribution >= 0.6 is 0 Å². The molecule has 2 aromatic rings. The second kappa shape index (κ2) is 7.32. The monoisotopic (exact) mass is 348 g/mol. The summed E-state index contributed by atoms with van der Waals surface area (Å²) in [6.07, 6.45) is 3.14. The Balaban J connectivity index is 1.49. The molecule has 1 amide bonds. The number of anilines is 1. The van der Waals surface area contributed by atoms with Crippen molar-refractivity contribution in [1.29, 1.82) is 0 Å². The first-order chi connectivity index (χ1) is 11.9. The highest BCUT2D eigenvalue weighted by Crippen LogP contribution is 2.23. The molecule has 1 N–H and O–H groups in total. The van der Waals surface area contributed by atoms with Crippen LogP contribution in [0.25, 0.3) is 0 Å². The Morgan fingerprint density at radius 3 is 2.96 bits per heavy atom. The Kier molecular flexibility index (Phi) is 5.14. The molecule has 9 heteroatoms. The third kappa shape index (κ3) is 4.86. The van der Waals surface area contributed by atoms with E-state index in [0.717, 1.165) is 5.69 Å². The Morgan fingerprint density at radius 1 is 1.44 bits per heavy atom. The zero-order valence-electron chi connectivity index (χ0n) is 14.8. The van der Waals surface area contributed by atoms with Gasteiger partial charge in [0.25, 0.3) is 0 Å². The average Bonchev–Trinajstić information content (AvgIpc) is 3.18. The number of morpholine rings is 1. The fraction of sp³-hybridized carbons (Fsp3) is 0.625. The molecular weight excluding hydrogens is 324 g/mol. The first kappa shape index (κ1) is 17.6. The number of rotatable bonds is 5. The van der Waals surface area contributed by atoms with E-state index in [1.54, 1.807) is 17.1 Å². The Labute approximate surface area is 146 Å². The fourth-order valence-corrected chi connectivity index (χ4v) is 2.64. The average molecular weight is 348 g/mol. The first-order valence-corrected chi connectivity index (χ1v) is 8.33. The molecule has 3 rings (SSSR count). The van der Waals surface area contributed by atoms with Crippen molar-refractivity contribution in [2.75, 3.05) is 31.6 Å². The number of nitrogens with zero attached hydrogens (tertiary/aromatic N) is 5. The van der Waals surface area contributed by atoms with Crippen LogP contribution in [-0.2, 0) is 21.5 Å². The SMILES string of the molecule is CC(C)(C)c1cc(NC(=O)CN2CCOC(Cn3cncn3)C2)on1. The standard InChI is InChI=1S/C16H24N6O3/c1-16(2,3)13-6-15(25-20-13)19-14(23)9-21-4-5-24-12(7-21)8-22-11-17-10-18-22/h6,10-12H,4-5,7-9H2,1-3H3,(H,19,23). The normalized spacial score (nSPS) is 19.1. The molecule has 3 heterocycles. The van der Waals surface area contributed by atoms with Gasteiger partial charge in [0, 0.05) is 24.6 Å². The molecule has 0 saturated carbocycles. The minimum atomic E-state index is -0.127. The number of ether oxygens (including phenoxy) is 1. The van der Waals surface area contributed by atoms with Crippen LogP contribution in [0.3, 0.4) is 0 Å². The number of carbonyl (C=O) groups excluding carboxylic acids is 1. The van der Waals surface area contributed by atoms with Crippen LogP contribution in [0, 0.1) is 0 Å². The maximum absolute atomic E-state index is 12.3. The topological polar surface area (TPSA) is 98.3 Å². The van der Waals surface area contributed by atoms with Gasteiger partial charge in [-0.15, -0.1) is 0 Å². The van der Waals surface area contributed by atoms with Gasteiger partial charge in [0.05, 0.1) is 31.5 Å². The van der Waals surface area contributed by atoms with E-state index in [1.807, 2.05) is 20.8 Å². The van der Waals surface area contributed by atoms with Gasteiger partial charge in [-0.3, -0.25) is 19.7 Å². The molecular formula is C16H24N6O3. The fourth-order valence-electron chi connectivity index (χ4n) is 2.64. The number of hydrogen-bond acceptors (Lipinski definition) is 7. The highest BCUT2D eigenvalue weighted by atomic mass is 16.5. The molecule has 1 aliphatic rings. The minimum absolute atomic E-state index is 0.0129. The summed E-state index contributed by atoms with van der Waals surface area (Å²) in [5.74, 6) is 0.250. The molecule has 0 aliphatic carbocycles. The lowest BCUT2D eigenvalue weighted by Crippen LogP contribution is -2.47. The molecule has 1 unspecified atom stereocenters. The van der Waals surface area contributed by atoms with Crippen LogP contribution in [-0.4, -0.2) is 63.1 Å². The molecule has 9 nitrogen and oxygen atoms in total. The minimum Gasteiger partial charge on any atom is -0.374 e. The lowest BCUT2D eigenvalue weighted by atomic mass is 9.92. The van der Waals surface area contributed by atoms with Crippen molar-refractivity contribution in [2.24, 2.45) is 0 Å². The predicted molar refractivity (Wildman–Crippen MR) is 90.0 cm³/mol. The van der Waals surface area contributed by atoms with Gasteiger partial charge in [0.1, 0.15) is 12.7 Å². The summed E-state index contributed by atoms with van der Waals surface area (Å²) in [4.78, 5) is 18.2. The number of hydrogen-bond donors (Lipinski definition) is 1. The van der Waals surface area contributed by atoms with Crippen molar-refractivity contribution in [1.82, 2.24) is 24.8 Å². The number of aromatic nitrogens is 4. The molecule has 0 aromatic carbocycles. The predicted octanol–water partition coefficient (Wildman–Crippen LogP) is 0.903. The largest absolute Gasteiger partial charge is 0.374 e. The summed E-state index contributed by atoms with van der Waals surface area (Å²) >= 11 is 0. The van der Waals surface area contributed by atoms with E-state index >= 15 is 0 Å². The van der Waals surface area contributed by atoms with Gasteiger partial charge in [0.15, 0.2) is 0 Å². The van der Waals surface area contributed by atoms with Crippen molar-refractivity contribution in [3.8, 4) is 0 Å². The van der Waals surface area contributed by atoms with Crippen molar-refractivity contribution in [2.45, 2.75) is 38.8 Å². The molecule has 25 heavy (non-hydrogen) atoms. The maximum atomic E-state index is 12.3. The van der Waals surface area contributed by atoms with Gasteiger partial charge in [0.2, 0.25) is 11.8 Å². The van der Waals surface area contributed by atoms with Crippen LogP contribution < -0.4 is 5.32 Å². The third-order valence-corrected chi connectivity index (χ3v) is 3.99. The van der Waals surface area contributed by atoms with Crippen LogP contribution in [0.2, 0.25) is 0 Å². The third-order valence-electron chi connectivity index (χ3n) is 3.99. The van der Waals surface area contributed by atoms with E-state index in [-0.39, 0.29) is 24.0 Å². The van der Waals surface area contributed by atoms with E-state index in [1.165, 1.54) is 6.33 Å². The van der Waals surface area contributed by atoms with Crippen LogP contribution in [0.5, 0.6) is 0 Å². The molecule has 1 fully saturated rings. The summed E-state index contributed by atoms with van der Waals surface area (Å²) < 4.78 is 12.7. The second-order valence-corrected chi connectivity index (χ2v) is 7.22. The number of amides is 1. The van der Waals surface area contributed by atoms with Crippen LogP contribution in [0.4, 0.5) is 5.88 Å². The Morgan fingerprint density at radius 2 is 2.28 bits per heavy atom. The summed E-state index contributed by atoms with van der Waals surface area (Å²) in [6, 6.07) is 1.77. The van der Waals surface area contributed by atoms with E-state index in [0.29, 0.717) is 32.1 Å². The lowest BCUT2D eigenvalue weighted by molar-refractivity contribution is -0.119. The van der Waals surface area contributed by atoms with Gasteiger partial charge < -0.3 is 9.26 Å². The van der Waals surface area contributed by atoms with Gasteiger partial charge in [-0.25, -0.2) is 4.98 Å². The van der Waals surface area contributed by atoms with Crippen LogP contribution in [0.15, 0.2) is 23.2 Å². The molecule has 1 saturated heterocycles. The van der Waals surface area contributed by atoms with Gasteiger partial charge >= 0.3 is 0 Å². The zero-order valence-corrected chi connectivity index (χ0v) is 14.8. The first-order valence-electron chi connectivity index (χ1n) is 8.33. The molecule has 1 atom stereocenters. The van der Waals surface area contributed by atoms with Crippen molar-refractivity contribution in [3.05, 3.63) is 24.4 Å². The van der Waals surface area contributed by atoms with Gasteiger partial charge in [-0.1, -0.05) is 25.9 Å². The molecule has 0 radical (unpaired) electrons. The Bertz CT molecular complexity index is 691. The van der Waals surface area contributed by atoms with Crippen molar-refractivity contribution < 1.29 is 14.1 Å². The van der Waals surface area contributed by atoms with E-state index in [9.17, 15) is 4.79 Å². The maximum Gasteiger partial charge on any atom is 0.240 e. The summed E-state index contributed by atoms with van der Waals surface area (Å²) in [6.45, 7) is 8.99. The van der Waals surface area contributed by atoms with Gasteiger partial charge in [-0.05, 0) is 0 Å². The van der Waals surface area contributed by atoms with Gasteiger partial charge in [-0.2, -0.15) is 5.10 Å². The smallest absolute Gasteiger partial charge is 0.240 e. The quantitative estimate of drug-likeness (QED) is 0.857. The zero-order chi connectivity index (χ0) is 17.9. The highest BCUT2D eigenvalue weighted by Gasteiger charge is 2.24. The summed E-state index contributed by atoms with van der Waals surface area (Å²) in [5.41, 5.74) is 0.688. The molecule has 136 valence electrons. The van der Waals surface area contributed by atoms with Crippen LogP contribution in [0.1, 0.15) is 26.5 Å². The van der Waals surface area contributed by atoms with Crippen molar-refractivity contribution in [3.63, 3.8) is 0 Å². The molecule has 2 aromatic heterocycles. The van der Waals surface area contributed by atoms with E-state index in [2.05, 4.69) is 25.5 Å². The second-order valence-electron chi connectivity index (χ2n) is 7.22. The number of nitrogens with one attached hydrogen (secondary N) is 1.